The molecular formula is C16H19ClNO2-. The van der Waals surface area contributed by atoms with Crippen molar-refractivity contribution in [2.75, 3.05) is 14.2 Å². The van der Waals surface area contributed by atoms with E-state index in [1.165, 1.54) is 11.1 Å². The summed E-state index contributed by atoms with van der Waals surface area (Å²) in [4.78, 5) is 0. The molecule has 0 atom stereocenters. The van der Waals surface area contributed by atoms with Gasteiger partial charge in [0.1, 0.15) is 0 Å². The predicted molar refractivity (Wildman–Crippen MR) is 76.5 cm³/mol. The van der Waals surface area contributed by atoms with Crippen LogP contribution in [-0.2, 0) is 13.1 Å². The highest BCUT2D eigenvalue weighted by Gasteiger charge is 2.04. The van der Waals surface area contributed by atoms with E-state index in [0.29, 0.717) is 0 Å². The number of hydrogen-bond donors (Lipinski definition) is 1. The van der Waals surface area contributed by atoms with Gasteiger partial charge in [0.2, 0.25) is 0 Å². The molecule has 0 bridgehead atoms. The summed E-state index contributed by atoms with van der Waals surface area (Å²) in [6, 6.07) is 16.3. The zero-order valence-corrected chi connectivity index (χ0v) is 12.5. The molecule has 0 amide bonds. The Morgan fingerprint density at radius 3 is 2.10 bits per heavy atom. The van der Waals surface area contributed by atoms with Gasteiger partial charge < -0.3 is 27.2 Å². The molecule has 0 radical (unpaired) electrons. The van der Waals surface area contributed by atoms with E-state index in [9.17, 15) is 0 Å². The molecule has 2 aromatic rings. The summed E-state index contributed by atoms with van der Waals surface area (Å²) in [7, 11) is 3.30. The number of ether oxygens (including phenoxy) is 2. The molecule has 0 aliphatic heterocycles. The Bertz CT molecular complexity index is 517. The van der Waals surface area contributed by atoms with Crippen LogP contribution in [0.1, 0.15) is 11.1 Å². The van der Waals surface area contributed by atoms with Gasteiger partial charge in [-0.2, -0.15) is 0 Å². The van der Waals surface area contributed by atoms with E-state index in [4.69, 9.17) is 9.47 Å². The Hall–Kier alpha value is -1.71. The van der Waals surface area contributed by atoms with Crippen molar-refractivity contribution in [2.45, 2.75) is 13.1 Å². The van der Waals surface area contributed by atoms with Crippen molar-refractivity contribution in [3.63, 3.8) is 0 Å². The van der Waals surface area contributed by atoms with E-state index < -0.39 is 0 Å². The maximum atomic E-state index is 5.29. The maximum absolute atomic E-state index is 5.29. The molecule has 0 saturated carbocycles. The molecule has 3 nitrogen and oxygen atoms in total. The van der Waals surface area contributed by atoms with Crippen LogP contribution in [-0.4, -0.2) is 14.2 Å². The molecule has 0 fully saturated rings. The number of benzene rings is 2. The molecular weight excluding hydrogens is 274 g/mol. The van der Waals surface area contributed by atoms with Crippen LogP contribution >= 0.6 is 0 Å². The van der Waals surface area contributed by atoms with Gasteiger partial charge in [-0.3, -0.25) is 0 Å². The van der Waals surface area contributed by atoms with Gasteiger partial charge in [-0.1, -0.05) is 36.4 Å². The number of halogens is 1. The van der Waals surface area contributed by atoms with Crippen LogP contribution in [0.3, 0.4) is 0 Å². The van der Waals surface area contributed by atoms with Gasteiger partial charge in [-0.25, -0.2) is 0 Å². The number of nitrogens with one attached hydrogen (secondary N) is 1. The second-order valence-corrected chi connectivity index (χ2v) is 4.28. The highest BCUT2D eigenvalue weighted by molar-refractivity contribution is 5.42. The monoisotopic (exact) mass is 292 g/mol. The fourth-order valence-electron chi connectivity index (χ4n) is 1.94. The molecule has 0 aliphatic carbocycles. The van der Waals surface area contributed by atoms with E-state index >= 15 is 0 Å². The molecule has 4 heteroatoms. The van der Waals surface area contributed by atoms with Crippen LogP contribution in [0.4, 0.5) is 0 Å². The quantitative estimate of drug-likeness (QED) is 0.813. The molecule has 0 aromatic heterocycles. The topological polar surface area (TPSA) is 30.5 Å². The summed E-state index contributed by atoms with van der Waals surface area (Å²) < 4.78 is 10.5. The Kier molecular flexibility index (Phi) is 6.91. The van der Waals surface area contributed by atoms with Gasteiger partial charge in [0.05, 0.1) is 14.2 Å². The van der Waals surface area contributed by atoms with Crippen molar-refractivity contribution >= 4 is 0 Å². The van der Waals surface area contributed by atoms with Gasteiger partial charge in [0.25, 0.3) is 0 Å². The summed E-state index contributed by atoms with van der Waals surface area (Å²) >= 11 is 0. The zero-order chi connectivity index (χ0) is 13.5. The molecule has 0 saturated heterocycles. The van der Waals surface area contributed by atoms with Crippen LogP contribution in [0, 0.1) is 0 Å². The first kappa shape index (κ1) is 16.3. The van der Waals surface area contributed by atoms with Crippen molar-refractivity contribution < 1.29 is 21.9 Å². The zero-order valence-electron chi connectivity index (χ0n) is 11.7. The Morgan fingerprint density at radius 2 is 1.45 bits per heavy atom. The second-order valence-electron chi connectivity index (χ2n) is 4.28. The lowest BCUT2D eigenvalue weighted by Crippen LogP contribution is -3.00. The summed E-state index contributed by atoms with van der Waals surface area (Å²) in [6.45, 7) is 1.66. The lowest BCUT2D eigenvalue weighted by atomic mass is 10.2. The molecule has 20 heavy (non-hydrogen) atoms. The summed E-state index contributed by atoms with van der Waals surface area (Å²) in [5.74, 6) is 1.52. The fraction of sp³-hybridized carbons (Fsp3) is 0.250. The van der Waals surface area contributed by atoms with Crippen molar-refractivity contribution in [1.29, 1.82) is 0 Å². The first-order chi connectivity index (χ1) is 9.33. The van der Waals surface area contributed by atoms with Gasteiger partial charge in [0.15, 0.2) is 11.5 Å². The Labute approximate surface area is 126 Å². The van der Waals surface area contributed by atoms with Crippen molar-refractivity contribution in [1.82, 2.24) is 5.32 Å². The molecule has 0 unspecified atom stereocenters. The van der Waals surface area contributed by atoms with Gasteiger partial charge in [-0.05, 0) is 23.3 Å². The van der Waals surface area contributed by atoms with Gasteiger partial charge in [0, 0.05) is 13.1 Å². The normalized spacial score (nSPS) is 9.70. The minimum atomic E-state index is 0. The first-order valence-electron chi connectivity index (χ1n) is 6.29. The number of rotatable bonds is 6. The standard InChI is InChI=1S/C16H19NO2.ClH/c1-18-15-9-8-14(10-16(15)19-2)12-17-11-13-6-4-3-5-7-13;/h3-10,17H,11-12H2,1-2H3;1H/p-1. The van der Waals surface area contributed by atoms with Crippen molar-refractivity contribution in [3.05, 3.63) is 59.7 Å². The smallest absolute Gasteiger partial charge is 0.161 e. The molecule has 0 spiro atoms. The number of hydrogen-bond acceptors (Lipinski definition) is 3. The highest BCUT2D eigenvalue weighted by atomic mass is 35.5. The van der Waals surface area contributed by atoms with E-state index in [2.05, 4.69) is 17.4 Å². The van der Waals surface area contributed by atoms with Crippen LogP contribution < -0.4 is 27.2 Å². The van der Waals surface area contributed by atoms with E-state index in [-0.39, 0.29) is 12.4 Å². The summed E-state index contributed by atoms with van der Waals surface area (Å²) in [6.07, 6.45) is 0. The SMILES string of the molecule is COc1ccc(CNCc2ccccc2)cc1OC.[Cl-]. The minimum absolute atomic E-state index is 0. The number of methoxy groups -OCH3 is 2. The molecule has 108 valence electrons. The molecule has 2 rings (SSSR count). The van der Waals surface area contributed by atoms with Crippen molar-refractivity contribution in [2.24, 2.45) is 0 Å². The summed E-state index contributed by atoms with van der Waals surface area (Å²) in [5.41, 5.74) is 2.46. The van der Waals surface area contributed by atoms with Gasteiger partial charge in [-0.15, -0.1) is 0 Å². The summed E-state index contributed by atoms with van der Waals surface area (Å²) in [5, 5.41) is 3.41. The average Bonchev–Trinajstić information content (AvgIpc) is 2.48. The van der Waals surface area contributed by atoms with E-state index in [1.807, 2.05) is 36.4 Å². The Morgan fingerprint density at radius 1 is 0.800 bits per heavy atom. The lowest BCUT2D eigenvalue weighted by Gasteiger charge is -2.10. The molecule has 2 aromatic carbocycles. The van der Waals surface area contributed by atoms with E-state index in [1.54, 1.807) is 14.2 Å². The van der Waals surface area contributed by atoms with Crippen LogP contribution in [0.5, 0.6) is 11.5 Å². The largest absolute Gasteiger partial charge is 1.00 e. The van der Waals surface area contributed by atoms with Gasteiger partial charge >= 0.3 is 0 Å². The maximum Gasteiger partial charge on any atom is 0.161 e. The Balaban J connectivity index is 0.00000200. The highest BCUT2D eigenvalue weighted by Crippen LogP contribution is 2.27. The minimum Gasteiger partial charge on any atom is -1.00 e. The molecule has 0 heterocycles. The fourth-order valence-corrected chi connectivity index (χ4v) is 1.94. The third kappa shape index (κ3) is 4.44. The average molecular weight is 293 g/mol. The van der Waals surface area contributed by atoms with Crippen LogP contribution in [0.25, 0.3) is 0 Å². The predicted octanol–water partition coefficient (Wildman–Crippen LogP) is -0.00240. The third-order valence-corrected chi connectivity index (χ3v) is 2.95. The second kappa shape index (κ2) is 8.46. The molecule has 0 aliphatic rings. The van der Waals surface area contributed by atoms with E-state index in [0.717, 1.165) is 24.6 Å². The van der Waals surface area contributed by atoms with Crippen LogP contribution in [0.2, 0.25) is 0 Å². The molecule has 1 N–H and O–H groups in total. The van der Waals surface area contributed by atoms with Crippen molar-refractivity contribution in [3.8, 4) is 11.5 Å². The lowest BCUT2D eigenvalue weighted by molar-refractivity contribution is -0.00000444. The third-order valence-electron chi connectivity index (χ3n) is 2.95. The van der Waals surface area contributed by atoms with Crippen LogP contribution in [0.15, 0.2) is 48.5 Å². The first-order valence-corrected chi connectivity index (χ1v) is 6.29.